The molecule has 1 N–H and O–H groups in total. The molecule has 1 atom stereocenters. The van der Waals surface area contributed by atoms with Crippen molar-refractivity contribution < 1.29 is 28.7 Å². The average Bonchev–Trinajstić information content (AvgIpc) is 3.03. The third-order valence-corrected chi connectivity index (χ3v) is 5.95. The first-order chi connectivity index (χ1) is 15.0. The van der Waals surface area contributed by atoms with Gasteiger partial charge in [0.25, 0.3) is 5.91 Å². The Bertz CT molecular complexity index is 1010. The van der Waals surface area contributed by atoms with E-state index in [0.29, 0.717) is 25.3 Å². The lowest BCUT2D eigenvalue weighted by Gasteiger charge is -2.30. The van der Waals surface area contributed by atoms with Gasteiger partial charge in [0.15, 0.2) is 0 Å². The quantitative estimate of drug-likeness (QED) is 0.425. The number of nitrogens with one attached hydrogen (secondary N) is 1. The molecule has 1 amide bonds. The predicted molar refractivity (Wildman–Crippen MR) is 110 cm³/mol. The van der Waals surface area contributed by atoms with Crippen LogP contribution < -0.4 is 10.0 Å². The van der Waals surface area contributed by atoms with Crippen molar-refractivity contribution in [3.05, 3.63) is 76.6 Å². The summed E-state index contributed by atoms with van der Waals surface area (Å²) in [5.41, 5.74) is 1.25. The maximum absolute atomic E-state index is 14.8. The molecule has 31 heavy (non-hydrogen) atoms. The Labute approximate surface area is 180 Å². The lowest BCUT2D eigenvalue weighted by atomic mass is 9.94. The van der Waals surface area contributed by atoms with E-state index in [-0.39, 0.29) is 17.7 Å². The van der Waals surface area contributed by atoms with E-state index in [4.69, 9.17) is 4.74 Å². The van der Waals surface area contributed by atoms with Crippen molar-refractivity contribution in [1.29, 1.82) is 0 Å². The Hall–Kier alpha value is -3.03. The minimum Gasteiger partial charge on any atom is -0.872 e. The number of morpholine rings is 1. The van der Waals surface area contributed by atoms with Gasteiger partial charge >= 0.3 is 0 Å². The molecule has 2 aliphatic rings. The lowest BCUT2D eigenvalue weighted by molar-refractivity contribution is -0.907. The van der Waals surface area contributed by atoms with E-state index in [9.17, 15) is 19.1 Å². The summed E-state index contributed by atoms with van der Waals surface area (Å²) in [4.78, 5) is 28.5. The second kappa shape index (κ2) is 8.99. The molecule has 2 aliphatic heterocycles. The Kier molecular flexibility index (Phi) is 6.15. The van der Waals surface area contributed by atoms with Gasteiger partial charge in [0.1, 0.15) is 18.9 Å². The highest BCUT2D eigenvalue weighted by molar-refractivity contribution is 6.46. The van der Waals surface area contributed by atoms with Crippen molar-refractivity contribution >= 4 is 17.4 Å². The van der Waals surface area contributed by atoms with E-state index in [1.165, 1.54) is 21.9 Å². The number of ether oxygens (including phenoxy) is 1. The van der Waals surface area contributed by atoms with Crippen LogP contribution in [0.25, 0.3) is 5.76 Å². The van der Waals surface area contributed by atoms with Crippen LogP contribution in [0.3, 0.4) is 0 Å². The van der Waals surface area contributed by atoms with E-state index in [1.807, 2.05) is 6.92 Å². The third kappa shape index (κ3) is 4.24. The molecule has 2 fully saturated rings. The molecular weight excluding hydrogens is 399 g/mol. The second-order valence-electron chi connectivity index (χ2n) is 7.97. The standard InChI is InChI=1S/C24H25FN2O4/c1-16-6-8-17(9-7-16)22(28)20-21(18-4-2-3-5-19(18)25)27(24(30)23(20)29)11-10-26-12-14-31-15-13-26/h2-9,21,28H,10-15H2,1H3. The van der Waals surface area contributed by atoms with Crippen molar-refractivity contribution in [3.63, 3.8) is 0 Å². The van der Waals surface area contributed by atoms with Crippen molar-refractivity contribution in [3.8, 4) is 0 Å². The maximum Gasteiger partial charge on any atom is 0.295 e. The topological polar surface area (TPSA) is 74.1 Å². The van der Waals surface area contributed by atoms with Crippen LogP contribution in [0.15, 0.2) is 54.1 Å². The number of halogens is 1. The molecule has 162 valence electrons. The SMILES string of the molecule is Cc1ccc(C([O-])=C2C(=O)C(=O)N(CC[NH+]3CCOCC3)C2c2ccccc2F)cc1. The first kappa shape index (κ1) is 21.2. The number of hydrogen-bond acceptors (Lipinski definition) is 4. The van der Waals surface area contributed by atoms with Gasteiger partial charge in [-0.3, -0.25) is 9.59 Å². The first-order valence-corrected chi connectivity index (χ1v) is 10.5. The minimum absolute atomic E-state index is 0.161. The number of carbonyl (C=O) groups is 2. The fourth-order valence-electron chi connectivity index (χ4n) is 4.17. The zero-order chi connectivity index (χ0) is 22.0. The Balaban J connectivity index is 1.75. The third-order valence-electron chi connectivity index (χ3n) is 5.95. The highest BCUT2D eigenvalue weighted by atomic mass is 19.1. The molecule has 0 bridgehead atoms. The normalized spacial score (nSPS) is 21.6. The number of hydrogen-bond donors (Lipinski definition) is 1. The first-order valence-electron chi connectivity index (χ1n) is 10.5. The molecule has 1 unspecified atom stereocenters. The van der Waals surface area contributed by atoms with Crippen molar-refractivity contribution in [2.24, 2.45) is 0 Å². The summed E-state index contributed by atoms with van der Waals surface area (Å²) in [7, 11) is 0. The van der Waals surface area contributed by atoms with E-state index in [2.05, 4.69) is 0 Å². The summed E-state index contributed by atoms with van der Waals surface area (Å²) in [6.07, 6.45) is 0. The van der Waals surface area contributed by atoms with Gasteiger partial charge in [-0.1, -0.05) is 53.8 Å². The van der Waals surface area contributed by atoms with E-state index >= 15 is 0 Å². The number of quaternary nitrogens is 1. The number of Topliss-reactive ketones (excluding diaryl/α,β-unsaturated/α-hetero) is 1. The Morgan fingerprint density at radius 1 is 1.13 bits per heavy atom. The average molecular weight is 424 g/mol. The second-order valence-corrected chi connectivity index (χ2v) is 7.97. The molecular formula is C24H25FN2O4. The Morgan fingerprint density at radius 3 is 2.48 bits per heavy atom. The van der Waals surface area contributed by atoms with Gasteiger partial charge in [0.2, 0.25) is 5.78 Å². The van der Waals surface area contributed by atoms with Crippen molar-refractivity contribution in [1.82, 2.24) is 4.90 Å². The van der Waals surface area contributed by atoms with E-state index in [1.54, 1.807) is 36.4 Å². The van der Waals surface area contributed by atoms with Crippen LogP contribution in [-0.4, -0.2) is 56.0 Å². The molecule has 0 aliphatic carbocycles. The molecule has 0 spiro atoms. The molecule has 6 nitrogen and oxygen atoms in total. The molecule has 2 aromatic carbocycles. The number of benzene rings is 2. The molecule has 7 heteroatoms. The lowest BCUT2D eigenvalue weighted by Crippen LogP contribution is -3.14. The van der Waals surface area contributed by atoms with Gasteiger partial charge in [-0.15, -0.1) is 0 Å². The van der Waals surface area contributed by atoms with Gasteiger partial charge in [0.05, 0.1) is 32.3 Å². The van der Waals surface area contributed by atoms with Crippen LogP contribution in [0.5, 0.6) is 0 Å². The fourth-order valence-corrected chi connectivity index (χ4v) is 4.17. The smallest absolute Gasteiger partial charge is 0.295 e. The van der Waals surface area contributed by atoms with Crippen LogP contribution in [0.4, 0.5) is 4.39 Å². The van der Waals surface area contributed by atoms with Crippen LogP contribution in [0.1, 0.15) is 22.7 Å². The zero-order valence-electron chi connectivity index (χ0n) is 17.4. The van der Waals surface area contributed by atoms with Crippen LogP contribution >= 0.6 is 0 Å². The molecule has 4 rings (SSSR count). The fraction of sp³-hybridized carbons (Fsp3) is 0.333. The number of nitrogens with zero attached hydrogens (tertiary/aromatic N) is 1. The highest BCUT2D eigenvalue weighted by Gasteiger charge is 2.45. The van der Waals surface area contributed by atoms with Crippen LogP contribution in [-0.2, 0) is 14.3 Å². The summed E-state index contributed by atoms with van der Waals surface area (Å²) in [6, 6.07) is 11.8. The Morgan fingerprint density at radius 2 is 1.81 bits per heavy atom. The maximum atomic E-state index is 14.8. The zero-order valence-corrected chi connectivity index (χ0v) is 17.4. The van der Waals surface area contributed by atoms with Crippen molar-refractivity contribution in [2.45, 2.75) is 13.0 Å². The number of ketones is 1. The summed E-state index contributed by atoms with van der Waals surface area (Å²) < 4.78 is 20.1. The molecule has 2 aromatic rings. The number of amides is 1. The van der Waals surface area contributed by atoms with Crippen molar-refractivity contribution in [2.75, 3.05) is 39.4 Å². The number of rotatable bonds is 5. The minimum atomic E-state index is -1.03. The van der Waals surface area contributed by atoms with Gasteiger partial charge in [-0.05, 0) is 18.6 Å². The highest BCUT2D eigenvalue weighted by Crippen LogP contribution is 2.39. The van der Waals surface area contributed by atoms with Crippen LogP contribution in [0.2, 0.25) is 0 Å². The van der Waals surface area contributed by atoms with E-state index in [0.717, 1.165) is 18.7 Å². The molecule has 0 aromatic heterocycles. The molecule has 0 radical (unpaired) electrons. The summed E-state index contributed by atoms with van der Waals surface area (Å²) in [5.74, 6) is -2.69. The molecule has 0 saturated carbocycles. The number of carbonyl (C=O) groups excluding carboxylic acids is 2. The monoisotopic (exact) mass is 424 g/mol. The summed E-state index contributed by atoms with van der Waals surface area (Å²) in [6.45, 7) is 5.63. The number of aryl methyl sites for hydroxylation is 1. The molecule has 2 heterocycles. The van der Waals surface area contributed by atoms with Gasteiger partial charge < -0.3 is 19.6 Å². The van der Waals surface area contributed by atoms with Gasteiger partial charge in [-0.2, -0.15) is 0 Å². The summed E-state index contributed by atoms with van der Waals surface area (Å²) >= 11 is 0. The van der Waals surface area contributed by atoms with Gasteiger partial charge in [0, 0.05) is 11.1 Å². The van der Waals surface area contributed by atoms with E-state index < -0.39 is 29.3 Å². The number of likely N-dealkylation sites (tertiary alicyclic amines) is 1. The largest absolute Gasteiger partial charge is 0.872 e. The summed E-state index contributed by atoms with van der Waals surface area (Å²) in [5, 5.41) is 13.3. The molecule has 2 saturated heterocycles. The van der Waals surface area contributed by atoms with Crippen LogP contribution in [0, 0.1) is 12.7 Å². The predicted octanol–water partition coefficient (Wildman–Crippen LogP) is 0.273. The van der Waals surface area contributed by atoms with Gasteiger partial charge in [-0.25, -0.2) is 4.39 Å².